The standard InChI is InChI=1S/C16H23FN2/c17-15-6-4-5-14(13-15)16(7-2-1-3-8-16)19-11-9-18-10-12-19/h4-6,13,18H,1-3,7-12H2. The fraction of sp³-hybridized carbons (Fsp3) is 0.625. The summed E-state index contributed by atoms with van der Waals surface area (Å²) in [4.78, 5) is 2.59. The molecular formula is C16H23FN2. The minimum atomic E-state index is -0.0995. The van der Waals surface area contributed by atoms with E-state index < -0.39 is 0 Å². The van der Waals surface area contributed by atoms with Crippen LogP contribution in [0.1, 0.15) is 37.7 Å². The van der Waals surface area contributed by atoms with E-state index in [1.54, 1.807) is 12.1 Å². The van der Waals surface area contributed by atoms with E-state index in [-0.39, 0.29) is 11.4 Å². The highest BCUT2D eigenvalue weighted by Gasteiger charge is 2.39. The molecule has 19 heavy (non-hydrogen) atoms. The van der Waals surface area contributed by atoms with Crippen molar-refractivity contribution in [2.75, 3.05) is 26.2 Å². The van der Waals surface area contributed by atoms with Crippen LogP contribution in [-0.4, -0.2) is 31.1 Å². The van der Waals surface area contributed by atoms with Crippen LogP contribution in [-0.2, 0) is 5.54 Å². The lowest BCUT2D eigenvalue weighted by molar-refractivity contribution is 0.0359. The molecule has 0 unspecified atom stereocenters. The third kappa shape index (κ3) is 2.54. The molecule has 1 aliphatic heterocycles. The van der Waals surface area contributed by atoms with E-state index in [0.29, 0.717) is 0 Å². The van der Waals surface area contributed by atoms with Gasteiger partial charge in [0.1, 0.15) is 5.82 Å². The molecule has 0 spiro atoms. The number of benzene rings is 1. The van der Waals surface area contributed by atoms with Crippen molar-refractivity contribution < 1.29 is 4.39 Å². The minimum Gasteiger partial charge on any atom is -0.314 e. The van der Waals surface area contributed by atoms with Crippen LogP contribution in [0.4, 0.5) is 4.39 Å². The van der Waals surface area contributed by atoms with E-state index >= 15 is 0 Å². The Balaban J connectivity index is 1.95. The Kier molecular flexibility index (Phi) is 3.85. The summed E-state index contributed by atoms with van der Waals surface area (Å²) in [5.74, 6) is -0.0995. The quantitative estimate of drug-likeness (QED) is 0.881. The van der Waals surface area contributed by atoms with Crippen LogP contribution in [0.5, 0.6) is 0 Å². The summed E-state index contributed by atoms with van der Waals surface area (Å²) >= 11 is 0. The van der Waals surface area contributed by atoms with Gasteiger partial charge in [-0.25, -0.2) is 4.39 Å². The number of piperazine rings is 1. The summed E-state index contributed by atoms with van der Waals surface area (Å²) in [6.45, 7) is 4.27. The average Bonchev–Trinajstić information content (AvgIpc) is 2.49. The van der Waals surface area contributed by atoms with E-state index in [4.69, 9.17) is 0 Å². The van der Waals surface area contributed by atoms with Crippen molar-refractivity contribution in [1.29, 1.82) is 0 Å². The topological polar surface area (TPSA) is 15.3 Å². The Bertz CT molecular complexity index is 421. The number of hydrogen-bond donors (Lipinski definition) is 1. The van der Waals surface area contributed by atoms with Gasteiger partial charge in [-0.05, 0) is 30.5 Å². The predicted molar refractivity (Wildman–Crippen MR) is 75.6 cm³/mol. The Morgan fingerprint density at radius 2 is 1.79 bits per heavy atom. The highest BCUT2D eigenvalue weighted by molar-refractivity contribution is 5.26. The summed E-state index contributed by atoms with van der Waals surface area (Å²) in [5, 5.41) is 3.42. The van der Waals surface area contributed by atoms with Crippen molar-refractivity contribution in [2.24, 2.45) is 0 Å². The lowest BCUT2D eigenvalue weighted by atomic mass is 9.75. The van der Waals surface area contributed by atoms with Crippen LogP contribution in [0.2, 0.25) is 0 Å². The Hall–Kier alpha value is -0.930. The molecule has 3 rings (SSSR count). The first-order chi connectivity index (χ1) is 9.31. The van der Waals surface area contributed by atoms with Gasteiger partial charge in [-0.1, -0.05) is 31.4 Å². The highest BCUT2D eigenvalue weighted by atomic mass is 19.1. The lowest BCUT2D eigenvalue weighted by Gasteiger charge is -2.48. The maximum atomic E-state index is 13.6. The van der Waals surface area contributed by atoms with Gasteiger partial charge in [-0.15, -0.1) is 0 Å². The normalized spacial score (nSPS) is 24.3. The molecule has 1 heterocycles. The lowest BCUT2D eigenvalue weighted by Crippen LogP contribution is -2.55. The number of nitrogens with one attached hydrogen (secondary N) is 1. The van der Waals surface area contributed by atoms with E-state index in [1.807, 2.05) is 6.07 Å². The summed E-state index contributed by atoms with van der Waals surface area (Å²) in [6.07, 6.45) is 6.21. The predicted octanol–water partition coefficient (Wildman–Crippen LogP) is 2.89. The molecule has 3 heteroatoms. The first kappa shape index (κ1) is 13.1. The second kappa shape index (κ2) is 5.59. The molecule has 1 aromatic rings. The minimum absolute atomic E-state index is 0.0858. The molecule has 2 fully saturated rings. The van der Waals surface area contributed by atoms with Crippen LogP contribution in [0, 0.1) is 5.82 Å². The van der Waals surface area contributed by atoms with Crippen molar-refractivity contribution in [2.45, 2.75) is 37.6 Å². The molecule has 1 aromatic carbocycles. The fourth-order valence-electron chi connectivity index (χ4n) is 3.79. The maximum Gasteiger partial charge on any atom is 0.123 e. The molecule has 0 atom stereocenters. The molecule has 0 amide bonds. The summed E-state index contributed by atoms with van der Waals surface area (Å²) in [6, 6.07) is 7.30. The molecular weight excluding hydrogens is 239 g/mol. The van der Waals surface area contributed by atoms with Crippen LogP contribution < -0.4 is 5.32 Å². The zero-order valence-electron chi connectivity index (χ0n) is 11.5. The second-order valence-electron chi connectivity index (χ2n) is 5.84. The van der Waals surface area contributed by atoms with Crippen LogP contribution in [0.25, 0.3) is 0 Å². The number of hydrogen-bond acceptors (Lipinski definition) is 2. The third-order valence-electron chi connectivity index (χ3n) is 4.77. The van der Waals surface area contributed by atoms with Gasteiger partial charge >= 0.3 is 0 Å². The molecule has 1 aliphatic carbocycles. The fourth-order valence-corrected chi connectivity index (χ4v) is 3.79. The molecule has 0 radical (unpaired) electrons. The van der Waals surface area contributed by atoms with Gasteiger partial charge in [0.05, 0.1) is 0 Å². The van der Waals surface area contributed by atoms with Crippen molar-refractivity contribution in [3.05, 3.63) is 35.6 Å². The van der Waals surface area contributed by atoms with E-state index in [1.165, 1.54) is 37.7 Å². The van der Waals surface area contributed by atoms with Crippen molar-refractivity contribution in [3.8, 4) is 0 Å². The van der Waals surface area contributed by atoms with E-state index in [2.05, 4.69) is 16.3 Å². The van der Waals surface area contributed by atoms with Crippen LogP contribution in [0.3, 0.4) is 0 Å². The smallest absolute Gasteiger partial charge is 0.123 e. The average molecular weight is 262 g/mol. The summed E-state index contributed by atoms with van der Waals surface area (Å²) in [7, 11) is 0. The first-order valence-electron chi connectivity index (χ1n) is 7.53. The molecule has 0 bridgehead atoms. The highest BCUT2D eigenvalue weighted by Crippen LogP contribution is 2.42. The molecule has 1 saturated carbocycles. The van der Waals surface area contributed by atoms with Crippen molar-refractivity contribution in [3.63, 3.8) is 0 Å². The van der Waals surface area contributed by atoms with Gasteiger partial charge in [0.15, 0.2) is 0 Å². The van der Waals surface area contributed by atoms with Crippen LogP contribution >= 0.6 is 0 Å². The van der Waals surface area contributed by atoms with Gasteiger partial charge in [0, 0.05) is 31.7 Å². The molecule has 104 valence electrons. The van der Waals surface area contributed by atoms with E-state index in [9.17, 15) is 4.39 Å². The van der Waals surface area contributed by atoms with Crippen LogP contribution in [0.15, 0.2) is 24.3 Å². The van der Waals surface area contributed by atoms with Crippen molar-refractivity contribution >= 4 is 0 Å². The zero-order valence-corrected chi connectivity index (χ0v) is 11.5. The maximum absolute atomic E-state index is 13.6. The Morgan fingerprint density at radius 3 is 2.47 bits per heavy atom. The number of rotatable bonds is 2. The SMILES string of the molecule is Fc1cccc(C2(N3CCNCC3)CCCCC2)c1. The third-order valence-corrected chi connectivity index (χ3v) is 4.77. The van der Waals surface area contributed by atoms with Gasteiger partial charge in [0.2, 0.25) is 0 Å². The summed E-state index contributed by atoms with van der Waals surface area (Å²) < 4.78 is 13.6. The zero-order chi connectivity index (χ0) is 13.1. The number of halogens is 1. The molecule has 0 aromatic heterocycles. The van der Waals surface area contributed by atoms with E-state index in [0.717, 1.165) is 26.2 Å². The molecule has 2 nitrogen and oxygen atoms in total. The Labute approximate surface area is 115 Å². The first-order valence-corrected chi connectivity index (χ1v) is 7.53. The summed E-state index contributed by atoms with van der Waals surface area (Å²) in [5.41, 5.74) is 1.27. The molecule has 1 N–H and O–H groups in total. The van der Waals surface area contributed by atoms with Gasteiger partial charge in [-0.3, -0.25) is 4.90 Å². The van der Waals surface area contributed by atoms with Gasteiger partial charge < -0.3 is 5.32 Å². The molecule has 1 saturated heterocycles. The Morgan fingerprint density at radius 1 is 1.05 bits per heavy atom. The molecule has 2 aliphatic rings. The number of nitrogens with zero attached hydrogens (tertiary/aromatic N) is 1. The van der Waals surface area contributed by atoms with Crippen molar-refractivity contribution in [1.82, 2.24) is 10.2 Å². The monoisotopic (exact) mass is 262 g/mol. The second-order valence-corrected chi connectivity index (χ2v) is 5.84. The largest absolute Gasteiger partial charge is 0.314 e. The van der Waals surface area contributed by atoms with Gasteiger partial charge in [-0.2, -0.15) is 0 Å². The van der Waals surface area contributed by atoms with Gasteiger partial charge in [0.25, 0.3) is 0 Å².